The first-order valence-corrected chi connectivity index (χ1v) is 7.95. The Morgan fingerprint density at radius 1 is 1.46 bits per heavy atom. The third kappa shape index (κ3) is 4.87. The molecule has 126 valence electrons. The molecule has 0 bridgehead atoms. The summed E-state index contributed by atoms with van der Waals surface area (Å²) in [4.78, 5) is 0. The number of hydrogen-bond donors (Lipinski definition) is 2. The predicted octanol–water partition coefficient (Wildman–Crippen LogP) is 3.02. The highest BCUT2D eigenvalue weighted by Gasteiger charge is 2.12. The van der Waals surface area contributed by atoms with Crippen molar-refractivity contribution in [3.05, 3.63) is 64.7 Å². The van der Waals surface area contributed by atoms with Crippen molar-refractivity contribution in [2.45, 2.75) is 13.5 Å². The fourth-order valence-corrected chi connectivity index (χ4v) is 2.36. The lowest BCUT2D eigenvalue weighted by Gasteiger charge is -2.04. The second-order valence-corrected chi connectivity index (χ2v) is 5.71. The fraction of sp³-hybridized carbons (Fsp3) is 0.188. The van der Waals surface area contributed by atoms with E-state index < -0.39 is 0 Å². The average Bonchev–Trinajstić information content (AvgIpc) is 2.82. The van der Waals surface area contributed by atoms with Crippen molar-refractivity contribution in [2.24, 2.45) is 5.10 Å². The van der Waals surface area contributed by atoms with E-state index in [1.807, 2.05) is 6.92 Å². The average molecular weight is 366 g/mol. The molecule has 2 N–H and O–H groups in total. The van der Waals surface area contributed by atoms with Gasteiger partial charge in [-0.25, -0.2) is 9.07 Å². The molecule has 8 heteroatoms. The number of hydrazone groups is 1. The first-order chi connectivity index (χ1) is 11.5. The van der Waals surface area contributed by atoms with Crippen molar-refractivity contribution in [1.29, 1.82) is 0 Å². The molecule has 0 aliphatic rings. The number of benzene rings is 1. The highest BCUT2D eigenvalue weighted by molar-refractivity contribution is 7.80. The molecule has 24 heavy (non-hydrogen) atoms. The molecule has 0 amide bonds. The zero-order valence-electron chi connectivity index (χ0n) is 13.1. The van der Waals surface area contributed by atoms with Crippen LogP contribution in [0.25, 0.3) is 0 Å². The van der Waals surface area contributed by atoms with Gasteiger partial charge in [0.15, 0.2) is 5.11 Å². The SMILES string of the molecule is C=CCNC(=S)N/N=C\c1c(C)nn(Cc2ccc(F)cc2)c1Cl. The number of aromatic nitrogens is 2. The van der Waals surface area contributed by atoms with Crippen molar-refractivity contribution in [3.8, 4) is 0 Å². The van der Waals surface area contributed by atoms with Crippen molar-refractivity contribution >= 4 is 35.1 Å². The van der Waals surface area contributed by atoms with Crippen LogP contribution in [-0.2, 0) is 6.54 Å². The Bertz CT molecular complexity index is 755. The normalized spacial score (nSPS) is 10.8. The Kier molecular flexibility index (Phi) is 6.45. The number of hydrogen-bond acceptors (Lipinski definition) is 3. The van der Waals surface area contributed by atoms with Gasteiger partial charge in [-0.15, -0.1) is 6.58 Å². The fourth-order valence-electron chi connectivity index (χ4n) is 1.94. The molecule has 0 radical (unpaired) electrons. The van der Waals surface area contributed by atoms with Crippen LogP contribution in [0, 0.1) is 12.7 Å². The van der Waals surface area contributed by atoms with Crippen LogP contribution in [0.15, 0.2) is 42.0 Å². The number of nitrogens with zero attached hydrogens (tertiary/aromatic N) is 3. The predicted molar refractivity (Wildman–Crippen MR) is 99.0 cm³/mol. The third-order valence-corrected chi connectivity index (χ3v) is 3.76. The molecule has 1 heterocycles. The summed E-state index contributed by atoms with van der Waals surface area (Å²) in [6, 6.07) is 6.20. The van der Waals surface area contributed by atoms with Gasteiger partial charge in [0, 0.05) is 6.54 Å². The van der Waals surface area contributed by atoms with E-state index in [0.29, 0.717) is 28.9 Å². The summed E-state index contributed by atoms with van der Waals surface area (Å²) in [6.07, 6.45) is 3.26. The minimum Gasteiger partial charge on any atom is -0.358 e. The molecule has 0 saturated carbocycles. The second-order valence-electron chi connectivity index (χ2n) is 4.94. The molecule has 0 aliphatic heterocycles. The van der Waals surface area contributed by atoms with E-state index in [1.165, 1.54) is 12.1 Å². The molecule has 0 atom stereocenters. The van der Waals surface area contributed by atoms with Crippen LogP contribution < -0.4 is 10.7 Å². The maximum Gasteiger partial charge on any atom is 0.187 e. The van der Waals surface area contributed by atoms with Crippen molar-refractivity contribution in [1.82, 2.24) is 20.5 Å². The van der Waals surface area contributed by atoms with Gasteiger partial charge in [-0.05, 0) is 36.8 Å². The van der Waals surface area contributed by atoms with Gasteiger partial charge in [0.05, 0.1) is 24.0 Å². The van der Waals surface area contributed by atoms with Gasteiger partial charge in [0.2, 0.25) is 0 Å². The Balaban J connectivity index is 2.06. The smallest absolute Gasteiger partial charge is 0.187 e. The monoisotopic (exact) mass is 365 g/mol. The first-order valence-electron chi connectivity index (χ1n) is 7.16. The lowest BCUT2D eigenvalue weighted by molar-refractivity contribution is 0.624. The summed E-state index contributed by atoms with van der Waals surface area (Å²) in [5.74, 6) is -0.276. The molecule has 1 aromatic heterocycles. The highest BCUT2D eigenvalue weighted by atomic mass is 35.5. The Morgan fingerprint density at radius 2 is 2.17 bits per heavy atom. The molecule has 0 spiro atoms. The van der Waals surface area contributed by atoms with Crippen LogP contribution >= 0.6 is 23.8 Å². The van der Waals surface area contributed by atoms with Crippen molar-refractivity contribution < 1.29 is 4.39 Å². The minimum absolute atomic E-state index is 0.276. The van der Waals surface area contributed by atoms with Gasteiger partial charge in [-0.2, -0.15) is 10.2 Å². The molecular formula is C16H17ClFN5S. The number of thiocarbonyl (C=S) groups is 1. The summed E-state index contributed by atoms with van der Waals surface area (Å²) in [5, 5.41) is 12.2. The Morgan fingerprint density at radius 3 is 2.83 bits per heavy atom. The molecular weight excluding hydrogens is 349 g/mol. The van der Waals surface area contributed by atoms with Gasteiger partial charge in [0.25, 0.3) is 0 Å². The maximum absolute atomic E-state index is 13.0. The van der Waals surface area contributed by atoms with Gasteiger partial charge in [-0.3, -0.25) is 5.43 Å². The van der Waals surface area contributed by atoms with Crippen molar-refractivity contribution in [3.63, 3.8) is 0 Å². The van der Waals surface area contributed by atoms with E-state index in [9.17, 15) is 4.39 Å². The molecule has 0 saturated heterocycles. The van der Waals surface area contributed by atoms with Gasteiger partial charge in [0.1, 0.15) is 11.0 Å². The summed E-state index contributed by atoms with van der Waals surface area (Å²) < 4.78 is 14.6. The quantitative estimate of drug-likeness (QED) is 0.357. The van der Waals surface area contributed by atoms with Crippen molar-refractivity contribution in [2.75, 3.05) is 6.54 Å². The number of rotatable bonds is 6. The van der Waals surface area contributed by atoms with E-state index in [1.54, 1.807) is 29.1 Å². The molecule has 5 nitrogen and oxygen atoms in total. The second kappa shape index (κ2) is 8.56. The summed E-state index contributed by atoms with van der Waals surface area (Å²) in [7, 11) is 0. The van der Waals surface area contributed by atoms with E-state index in [-0.39, 0.29) is 5.82 Å². The summed E-state index contributed by atoms with van der Waals surface area (Å²) in [5.41, 5.74) is 5.02. The molecule has 0 unspecified atom stereocenters. The Labute approximate surface area is 150 Å². The highest BCUT2D eigenvalue weighted by Crippen LogP contribution is 2.19. The molecule has 1 aromatic carbocycles. The van der Waals surface area contributed by atoms with Crippen LogP contribution in [-0.4, -0.2) is 27.7 Å². The van der Waals surface area contributed by atoms with E-state index in [2.05, 4.69) is 27.5 Å². The number of nitrogens with one attached hydrogen (secondary N) is 2. The van der Waals surface area contributed by atoms with Crippen LogP contribution in [0.3, 0.4) is 0 Å². The zero-order valence-corrected chi connectivity index (χ0v) is 14.7. The van der Waals surface area contributed by atoms with Crippen LogP contribution in [0.4, 0.5) is 4.39 Å². The maximum atomic E-state index is 13.0. The standard InChI is InChI=1S/C16H17ClFN5S/c1-3-8-19-16(24)21-20-9-14-11(2)22-23(15(14)17)10-12-4-6-13(18)7-5-12/h3-7,9H,1,8,10H2,2H3,(H2,19,21,24)/b20-9-. The van der Waals surface area contributed by atoms with E-state index in [4.69, 9.17) is 23.8 Å². The van der Waals surface area contributed by atoms with Gasteiger partial charge < -0.3 is 5.32 Å². The topological polar surface area (TPSA) is 54.2 Å². The lowest BCUT2D eigenvalue weighted by Crippen LogP contribution is -2.31. The van der Waals surface area contributed by atoms with Gasteiger partial charge in [-0.1, -0.05) is 29.8 Å². The Hall–Kier alpha value is -2.25. The zero-order chi connectivity index (χ0) is 17.5. The van der Waals surface area contributed by atoms with E-state index in [0.717, 1.165) is 11.3 Å². The van der Waals surface area contributed by atoms with Crippen LogP contribution in [0.1, 0.15) is 16.8 Å². The molecule has 0 aliphatic carbocycles. The van der Waals surface area contributed by atoms with E-state index >= 15 is 0 Å². The molecule has 2 aromatic rings. The molecule has 0 fully saturated rings. The minimum atomic E-state index is -0.276. The number of halogens is 2. The summed E-state index contributed by atoms with van der Waals surface area (Å²) in [6.45, 7) is 6.42. The summed E-state index contributed by atoms with van der Waals surface area (Å²) >= 11 is 11.4. The first kappa shape index (κ1) is 18.1. The van der Waals surface area contributed by atoms with Crippen LogP contribution in [0.2, 0.25) is 5.15 Å². The van der Waals surface area contributed by atoms with Gasteiger partial charge >= 0.3 is 0 Å². The number of aryl methyl sites for hydroxylation is 1. The molecule has 2 rings (SSSR count). The van der Waals surface area contributed by atoms with Crippen LogP contribution in [0.5, 0.6) is 0 Å². The lowest BCUT2D eigenvalue weighted by atomic mass is 10.2. The third-order valence-electron chi connectivity index (χ3n) is 3.12. The largest absolute Gasteiger partial charge is 0.358 e.